The van der Waals surface area contributed by atoms with Crippen molar-refractivity contribution in [2.24, 2.45) is 0 Å². The zero-order valence-electron chi connectivity index (χ0n) is 15.3. The molecule has 142 valence electrons. The number of aromatic hydroxyl groups is 2. The first-order chi connectivity index (χ1) is 12.0. The van der Waals surface area contributed by atoms with Crippen LogP contribution in [0.1, 0.15) is 41.0 Å². The quantitative estimate of drug-likeness (QED) is 0.683. The minimum atomic E-state index is -0.188. The topological polar surface area (TPSA) is 43.7 Å². The van der Waals surface area contributed by atoms with Gasteiger partial charge in [-0.2, -0.15) is 0 Å². The van der Waals surface area contributed by atoms with Gasteiger partial charge in [0.15, 0.2) is 11.5 Å². The van der Waals surface area contributed by atoms with E-state index in [9.17, 15) is 14.6 Å². The molecular weight excluding hydrogens is 397 g/mol. The number of aryl methyl sites for hydroxylation is 1. The van der Waals surface area contributed by atoms with Crippen LogP contribution in [-0.2, 0) is 12.8 Å². The van der Waals surface area contributed by atoms with Crippen LogP contribution < -0.4 is 0 Å². The molecule has 3 rings (SSSR count). The first-order valence-electron chi connectivity index (χ1n) is 8.93. The predicted octanol–water partition coefficient (Wildman–Crippen LogP) is 4.72. The third kappa shape index (κ3) is 4.57. The summed E-state index contributed by atoms with van der Waals surface area (Å²) in [5.74, 6) is 0.198. The van der Waals surface area contributed by atoms with Gasteiger partial charge in [-0.15, -0.1) is 17.0 Å². The molecule has 0 radical (unpaired) electrons. The maximum Gasteiger partial charge on any atom is 0.160 e. The number of likely N-dealkylation sites (N-methyl/N-ethyl adjacent to an activating group) is 1. The van der Waals surface area contributed by atoms with E-state index < -0.39 is 0 Å². The van der Waals surface area contributed by atoms with Crippen LogP contribution in [0.3, 0.4) is 0 Å². The predicted molar refractivity (Wildman–Crippen MR) is 108 cm³/mol. The summed E-state index contributed by atoms with van der Waals surface area (Å²) < 4.78 is 13.3. The van der Waals surface area contributed by atoms with Crippen LogP contribution in [0, 0.1) is 12.7 Å². The van der Waals surface area contributed by atoms with Gasteiger partial charge in [0.2, 0.25) is 0 Å². The van der Waals surface area contributed by atoms with Crippen LogP contribution in [0.4, 0.5) is 4.39 Å². The summed E-state index contributed by atoms with van der Waals surface area (Å²) in [6.07, 6.45) is 3.74. The molecule has 1 unspecified atom stereocenters. The molecule has 0 aromatic heterocycles. The third-order valence-corrected chi connectivity index (χ3v) is 5.22. The number of fused-ring (bicyclic) bond motifs is 1. The van der Waals surface area contributed by atoms with E-state index in [-0.39, 0.29) is 34.3 Å². The Kier molecular flexibility index (Phi) is 7.07. The second-order valence-electron chi connectivity index (χ2n) is 7.18. The zero-order chi connectivity index (χ0) is 18.0. The normalized spacial score (nSPS) is 16.2. The van der Waals surface area contributed by atoms with Crippen molar-refractivity contribution < 1.29 is 14.6 Å². The Balaban J connectivity index is 0.00000243. The molecule has 2 N–H and O–H groups in total. The molecule has 1 atom stereocenters. The molecule has 0 heterocycles. The zero-order valence-corrected chi connectivity index (χ0v) is 17.0. The van der Waals surface area contributed by atoms with Crippen LogP contribution in [0.2, 0.25) is 0 Å². The summed E-state index contributed by atoms with van der Waals surface area (Å²) in [5, 5.41) is 20.1. The maximum atomic E-state index is 13.3. The lowest BCUT2D eigenvalue weighted by atomic mass is 9.79. The summed E-state index contributed by atoms with van der Waals surface area (Å²) in [4.78, 5) is 2.27. The Morgan fingerprint density at radius 3 is 2.73 bits per heavy atom. The number of rotatable bonds is 5. The highest BCUT2D eigenvalue weighted by atomic mass is 79.9. The van der Waals surface area contributed by atoms with Crippen molar-refractivity contribution in [3.05, 3.63) is 58.4 Å². The van der Waals surface area contributed by atoms with Gasteiger partial charge in [-0.25, -0.2) is 4.39 Å². The lowest BCUT2D eigenvalue weighted by molar-refractivity contribution is 0.298. The van der Waals surface area contributed by atoms with Crippen molar-refractivity contribution in [3.8, 4) is 11.5 Å². The summed E-state index contributed by atoms with van der Waals surface area (Å²) >= 11 is 0. The monoisotopic (exact) mass is 423 g/mol. The van der Waals surface area contributed by atoms with Crippen LogP contribution in [-0.4, -0.2) is 35.3 Å². The Morgan fingerprint density at radius 2 is 2.00 bits per heavy atom. The summed E-state index contributed by atoms with van der Waals surface area (Å²) in [6, 6.07) is 8.43. The van der Waals surface area contributed by atoms with E-state index in [2.05, 4.69) is 11.9 Å². The van der Waals surface area contributed by atoms with Crippen molar-refractivity contribution in [1.82, 2.24) is 4.90 Å². The molecule has 5 heteroatoms. The molecule has 2 aromatic carbocycles. The first-order valence-corrected chi connectivity index (χ1v) is 8.93. The molecule has 2 aromatic rings. The van der Waals surface area contributed by atoms with E-state index >= 15 is 0 Å². The average molecular weight is 424 g/mol. The molecule has 0 aliphatic heterocycles. The van der Waals surface area contributed by atoms with Crippen molar-refractivity contribution in [2.75, 3.05) is 20.1 Å². The Bertz CT molecular complexity index is 766. The van der Waals surface area contributed by atoms with Crippen molar-refractivity contribution in [2.45, 2.75) is 38.5 Å². The van der Waals surface area contributed by atoms with Gasteiger partial charge in [-0.3, -0.25) is 0 Å². The summed E-state index contributed by atoms with van der Waals surface area (Å²) in [7, 11) is 2.09. The highest BCUT2D eigenvalue weighted by molar-refractivity contribution is 8.93. The Labute approximate surface area is 165 Å². The number of hydrogen-bond donors (Lipinski definition) is 2. The van der Waals surface area contributed by atoms with Gasteiger partial charge < -0.3 is 15.1 Å². The molecule has 1 aliphatic rings. The molecule has 0 saturated heterocycles. The number of hydrogen-bond acceptors (Lipinski definition) is 3. The minimum Gasteiger partial charge on any atom is -0.504 e. The van der Waals surface area contributed by atoms with Crippen molar-refractivity contribution in [1.29, 1.82) is 0 Å². The number of halogens is 2. The van der Waals surface area contributed by atoms with E-state index in [1.54, 1.807) is 18.2 Å². The number of phenolic OH excluding ortho intramolecular Hbond substituents is 2. The van der Waals surface area contributed by atoms with Crippen LogP contribution in [0.5, 0.6) is 11.5 Å². The number of nitrogens with zero attached hydrogens (tertiary/aromatic N) is 1. The van der Waals surface area contributed by atoms with Crippen LogP contribution >= 0.6 is 17.0 Å². The molecule has 1 aliphatic carbocycles. The second-order valence-corrected chi connectivity index (χ2v) is 7.18. The molecule has 0 fully saturated rings. The standard InChI is InChI=1S/C21H26FNO2.BrH/c1-14-11-19(24)21(25)18-8-4-6-16(20(14)18)13-23(2)10-9-15-5-3-7-17(22)12-15;/h3,5,7,11-12,16,24-25H,4,6,8-10,13H2,1-2H3;1H. The molecule has 3 nitrogen and oxygen atoms in total. The smallest absolute Gasteiger partial charge is 0.160 e. The fourth-order valence-electron chi connectivity index (χ4n) is 4.02. The summed E-state index contributed by atoms with van der Waals surface area (Å²) in [6.45, 7) is 3.76. The van der Waals surface area contributed by atoms with E-state index in [0.717, 1.165) is 55.5 Å². The summed E-state index contributed by atoms with van der Waals surface area (Å²) in [5.41, 5.74) is 4.16. The molecular formula is C21H27BrFNO2. The minimum absolute atomic E-state index is 0. The number of benzene rings is 2. The van der Waals surface area contributed by atoms with E-state index in [0.29, 0.717) is 5.92 Å². The maximum absolute atomic E-state index is 13.3. The molecule has 0 amide bonds. The van der Waals surface area contributed by atoms with E-state index in [4.69, 9.17) is 0 Å². The molecule has 0 spiro atoms. The highest BCUT2D eigenvalue weighted by Crippen LogP contribution is 2.43. The molecule has 26 heavy (non-hydrogen) atoms. The second kappa shape index (κ2) is 8.87. The highest BCUT2D eigenvalue weighted by Gasteiger charge is 2.27. The van der Waals surface area contributed by atoms with Crippen molar-refractivity contribution in [3.63, 3.8) is 0 Å². The fourth-order valence-corrected chi connectivity index (χ4v) is 4.02. The largest absolute Gasteiger partial charge is 0.504 e. The van der Waals surface area contributed by atoms with Gasteiger partial charge in [-0.1, -0.05) is 12.1 Å². The Morgan fingerprint density at radius 1 is 1.23 bits per heavy atom. The first kappa shape index (κ1) is 20.7. The fraction of sp³-hybridized carbons (Fsp3) is 0.429. The number of phenols is 2. The van der Waals surface area contributed by atoms with Gasteiger partial charge in [0, 0.05) is 18.7 Å². The van der Waals surface area contributed by atoms with Crippen LogP contribution in [0.25, 0.3) is 0 Å². The molecule has 0 bridgehead atoms. The van der Waals surface area contributed by atoms with Gasteiger partial charge in [0.05, 0.1) is 0 Å². The van der Waals surface area contributed by atoms with Gasteiger partial charge >= 0.3 is 0 Å². The van der Waals surface area contributed by atoms with E-state index in [1.165, 1.54) is 11.6 Å². The average Bonchev–Trinajstić information content (AvgIpc) is 2.58. The third-order valence-electron chi connectivity index (χ3n) is 5.22. The lowest BCUT2D eigenvalue weighted by Gasteiger charge is -2.31. The molecule has 0 saturated carbocycles. The van der Waals surface area contributed by atoms with Gasteiger partial charge in [0.25, 0.3) is 0 Å². The van der Waals surface area contributed by atoms with Gasteiger partial charge in [-0.05, 0) is 80.5 Å². The lowest BCUT2D eigenvalue weighted by Crippen LogP contribution is -2.29. The Hall–Kier alpha value is -1.59. The SMILES string of the molecule is Br.Cc1cc(O)c(O)c2c1C(CN(C)CCc1cccc(F)c1)CCC2. The van der Waals surface area contributed by atoms with Crippen molar-refractivity contribution >= 4 is 17.0 Å². The van der Waals surface area contributed by atoms with Gasteiger partial charge in [0.1, 0.15) is 5.82 Å². The van der Waals surface area contributed by atoms with Crippen LogP contribution in [0.15, 0.2) is 30.3 Å². The van der Waals surface area contributed by atoms with E-state index in [1.807, 2.05) is 13.0 Å².